The molecule has 0 saturated carbocycles. The molecule has 0 radical (unpaired) electrons. The number of hydrogen-bond acceptors (Lipinski definition) is 4. The van der Waals surface area contributed by atoms with Crippen LogP contribution < -0.4 is 10.6 Å². The third-order valence-corrected chi connectivity index (χ3v) is 4.72. The van der Waals surface area contributed by atoms with Crippen molar-refractivity contribution in [1.82, 2.24) is 10.6 Å². The lowest BCUT2D eigenvalue weighted by atomic mass is 10.0. The first-order valence-electron chi connectivity index (χ1n) is 8.43. The van der Waals surface area contributed by atoms with Crippen molar-refractivity contribution >= 4 is 23.8 Å². The molecule has 0 fully saturated rings. The fraction of sp³-hybridized carbons (Fsp3) is 0.556. The Balaban J connectivity index is 1.75. The Kier molecular flexibility index (Phi) is 6.70. The summed E-state index contributed by atoms with van der Waals surface area (Å²) in [4.78, 5) is 24.7. The zero-order valence-corrected chi connectivity index (χ0v) is 15.7. The van der Waals surface area contributed by atoms with Crippen LogP contribution in [0.4, 0.5) is 9.18 Å². The summed E-state index contributed by atoms with van der Waals surface area (Å²) in [6, 6.07) is 4.55. The monoisotopic (exact) mass is 368 g/mol. The van der Waals surface area contributed by atoms with E-state index in [0.29, 0.717) is 19.4 Å². The minimum Gasteiger partial charge on any atom is -0.444 e. The third kappa shape index (κ3) is 6.57. The van der Waals surface area contributed by atoms with Crippen LogP contribution in [0.5, 0.6) is 0 Å². The number of fused-ring (bicyclic) bond motifs is 1. The number of hydrogen-bond donors (Lipinski definition) is 2. The molecule has 0 aliphatic carbocycles. The Bertz CT molecular complexity index is 631. The van der Waals surface area contributed by atoms with E-state index in [1.54, 1.807) is 38.6 Å². The molecule has 2 rings (SSSR count). The topological polar surface area (TPSA) is 67.4 Å². The Morgan fingerprint density at radius 1 is 1.36 bits per heavy atom. The van der Waals surface area contributed by atoms with E-state index < -0.39 is 11.7 Å². The highest BCUT2D eigenvalue weighted by atomic mass is 32.2. The van der Waals surface area contributed by atoms with Crippen molar-refractivity contribution in [2.24, 2.45) is 0 Å². The Morgan fingerprint density at radius 2 is 2.12 bits per heavy atom. The highest BCUT2D eigenvalue weighted by Crippen LogP contribution is 2.36. The number of halogens is 1. The lowest BCUT2D eigenvalue weighted by Gasteiger charge is -2.26. The van der Waals surface area contributed by atoms with Gasteiger partial charge in [-0.1, -0.05) is 0 Å². The van der Waals surface area contributed by atoms with Gasteiger partial charge in [-0.2, -0.15) is 0 Å². The maximum absolute atomic E-state index is 13.5. The molecule has 1 aromatic carbocycles. The minimum absolute atomic E-state index is 0.0990. The van der Waals surface area contributed by atoms with Gasteiger partial charge in [0, 0.05) is 23.6 Å². The molecular formula is C18H25FN2O3S. The molecule has 1 aromatic rings. The van der Waals surface area contributed by atoms with Crippen molar-refractivity contribution < 1.29 is 18.7 Å². The molecule has 1 unspecified atom stereocenters. The van der Waals surface area contributed by atoms with E-state index in [1.807, 2.05) is 0 Å². The van der Waals surface area contributed by atoms with Crippen molar-refractivity contribution in [3.8, 4) is 0 Å². The van der Waals surface area contributed by atoms with Crippen molar-refractivity contribution in [1.29, 1.82) is 0 Å². The summed E-state index contributed by atoms with van der Waals surface area (Å²) in [7, 11) is 0. The highest BCUT2D eigenvalue weighted by Gasteiger charge is 2.22. The lowest BCUT2D eigenvalue weighted by molar-refractivity contribution is -0.122. The van der Waals surface area contributed by atoms with Gasteiger partial charge in [0.05, 0.1) is 6.04 Å². The van der Waals surface area contributed by atoms with E-state index in [0.717, 1.165) is 22.6 Å². The van der Waals surface area contributed by atoms with Crippen LogP contribution in [-0.4, -0.2) is 29.9 Å². The number of amides is 2. The Labute approximate surface area is 152 Å². The maximum atomic E-state index is 13.5. The summed E-state index contributed by atoms with van der Waals surface area (Å²) in [6.45, 7) is 5.75. The van der Waals surface area contributed by atoms with Crippen LogP contribution in [0.25, 0.3) is 0 Å². The molecule has 1 aliphatic heterocycles. The molecule has 5 nitrogen and oxygen atoms in total. The summed E-state index contributed by atoms with van der Waals surface area (Å²) in [5.74, 6) is 0.504. The van der Waals surface area contributed by atoms with Gasteiger partial charge in [-0.3, -0.25) is 4.79 Å². The smallest absolute Gasteiger partial charge is 0.407 e. The van der Waals surface area contributed by atoms with Crippen LogP contribution >= 0.6 is 11.8 Å². The number of nitrogens with one attached hydrogen (secondary N) is 2. The molecule has 2 N–H and O–H groups in total. The number of thioether (sulfide) groups is 1. The zero-order chi connectivity index (χ0) is 18.4. The number of carbonyl (C=O) groups is 2. The van der Waals surface area contributed by atoms with Crippen LogP contribution in [0.1, 0.15) is 51.6 Å². The standard InChI is InChI=1S/C18H25FN2O3S/c1-18(2,3)24-17(23)20-9-4-5-16(22)21-14-8-10-25-15-7-6-12(19)11-13(14)15/h6-7,11,14H,4-5,8-10H2,1-3H3,(H,20,23)(H,21,22). The van der Waals surface area contributed by atoms with Crippen LogP contribution in [0.2, 0.25) is 0 Å². The van der Waals surface area contributed by atoms with E-state index in [-0.39, 0.29) is 17.8 Å². The fourth-order valence-electron chi connectivity index (χ4n) is 2.54. The van der Waals surface area contributed by atoms with Gasteiger partial charge in [-0.25, -0.2) is 9.18 Å². The van der Waals surface area contributed by atoms with Gasteiger partial charge in [0.15, 0.2) is 0 Å². The zero-order valence-electron chi connectivity index (χ0n) is 14.9. The quantitative estimate of drug-likeness (QED) is 0.776. The molecule has 0 aromatic heterocycles. The second-order valence-corrected chi connectivity index (χ2v) is 8.11. The predicted octanol–water partition coefficient (Wildman–Crippen LogP) is 3.78. The molecule has 1 heterocycles. The summed E-state index contributed by atoms with van der Waals surface area (Å²) in [5.41, 5.74) is 0.305. The molecule has 1 atom stereocenters. The van der Waals surface area contributed by atoms with Crippen molar-refractivity contribution in [2.45, 2.75) is 56.6 Å². The van der Waals surface area contributed by atoms with Crippen molar-refractivity contribution in [2.75, 3.05) is 12.3 Å². The molecule has 0 saturated heterocycles. The third-order valence-electron chi connectivity index (χ3n) is 3.60. The normalized spacial score (nSPS) is 16.7. The molecule has 2 amide bonds. The number of carbonyl (C=O) groups excluding carboxylic acids is 2. The van der Waals surface area contributed by atoms with E-state index in [1.165, 1.54) is 12.1 Å². The molecule has 25 heavy (non-hydrogen) atoms. The summed E-state index contributed by atoms with van der Waals surface area (Å²) in [6.07, 6.45) is 1.11. The van der Waals surface area contributed by atoms with Gasteiger partial charge >= 0.3 is 6.09 Å². The van der Waals surface area contributed by atoms with Crippen LogP contribution in [0.15, 0.2) is 23.1 Å². The van der Waals surface area contributed by atoms with Crippen LogP contribution in [-0.2, 0) is 9.53 Å². The largest absolute Gasteiger partial charge is 0.444 e. The molecule has 0 spiro atoms. The number of alkyl carbamates (subject to hydrolysis) is 1. The maximum Gasteiger partial charge on any atom is 0.407 e. The van der Waals surface area contributed by atoms with Gasteiger partial charge in [0.2, 0.25) is 5.91 Å². The highest BCUT2D eigenvalue weighted by molar-refractivity contribution is 7.99. The molecule has 1 aliphatic rings. The number of rotatable bonds is 5. The van der Waals surface area contributed by atoms with Gasteiger partial charge in [-0.15, -0.1) is 11.8 Å². The molecular weight excluding hydrogens is 343 g/mol. The summed E-state index contributed by atoms with van der Waals surface area (Å²) in [5, 5.41) is 5.59. The first-order valence-corrected chi connectivity index (χ1v) is 9.41. The molecule has 0 bridgehead atoms. The second-order valence-electron chi connectivity index (χ2n) is 6.97. The van der Waals surface area contributed by atoms with Crippen LogP contribution in [0, 0.1) is 5.82 Å². The van der Waals surface area contributed by atoms with E-state index in [2.05, 4.69) is 10.6 Å². The number of benzene rings is 1. The van der Waals surface area contributed by atoms with Gasteiger partial charge in [0.25, 0.3) is 0 Å². The van der Waals surface area contributed by atoms with E-state index in [4.69, 9.17) is 4.74 Å². The molecule has 138 valence electrons. The Hall–Kier alpha value is -1.76. The first kappa shape index (κ1) is 19.6. The van der Waals surface area contributed by atoms with E-state index >= 15 is 0 Å². The van der Waals surface area contributed by atoms with Crippen molar-refractivity contribution in [3.05, 3.63) is 29.6 Å². The van der Waals surface area contributed by atoms with Gasteiger partial charge in [-0.05, 0) is 57.4 Å². The van der Waals surface area contributed by atoms with Gasteiger partial charge < -0.3 is 15.4 Å². The van der Waals surface area contributed by atoms with Crippen molar-refractivity contribution in [3.63, 3.8) is 0 Å². The average molecular weight is 368 g/mol. The second kappa shape index (κ2) is 8.56. The summed E-state index contributed by atoms with van der Waals surface area (Å²) < 4.78 is 18.6. The predicted molar refractivity (Wildman–Crippen MR) is 96.1 cm³/mol. The Morgan fingerprint density at radius 3 is 2.84 bits per heavy atom. The molecule has 7 heteroatoms. The van der Waals surface area contributed by atoms with Gasteiger partial charge in [0.1, 0.15) is 11.4 Å². The SMILES string of the molecule is CC(C)(C)OC(=O)NCCCC(=O)NC1CCSc2ccc(F)cc21. The number of ether oxygens (including phenoxy) is 1. The first-order chi connectivity index (χ1) is 11.7. The van der Waals surface area contributed by atoms with E-state index in [9.17, 15) is 14.0 Å². The minimum atomic E-state index is -0.539. The average Bonchev–Trinajstić information content (AvgIpc) is 2.50. The fourth-order valence-corrected chi connectivity index (χ4v) is 3.64. The lowest BCUT2D eigenvalue weighted by Crippen LogP contribution is -2.34. The summed E-state index contributed by atoms with van der Waals surface area (Å²) >= 11 is 1.68. The van der Waals surface area contributed by atoms with Crippen LogP contribution in [0.3, 0.4) is 0 Å².